The second-order valence-electron chi connectivity index (χ2n) is 5.41. The molecule has 0 heterocycles. The normalized spacial score (nSPS) is 10.5. The molecule has 0 aromatic heterocycles. The summed E-state index contributed by atoms with van der Waals surface area (Å²) in [6.45, 7) is 2.52. The Balaban J connectivity index is 2.16. The summed E-state index contributed by atoms with van der Waals surface area (Å²) < 4.78 is 5.49. The predicted octanol–water partition coefficient (Wildman–Crippen LogP) is 4.29. The number of unbranched alkanes of at least 4 members (excludes halogenated alkanes) is 3. The Hall–Kier alpha value is -2.49. The minimum absolute atomic E-state index is 0.0247. The van der Waals surface area contributed by atoms with Gasteiger partial charge in [0, 0.05) is 5.56 Å². The van der Waals surface area contributed by atoms with E-state index in [2.05, 4.69) is 6.92 Å². The molecule has 2 N–H and O–H groups in total. The van der Waals surface area contributed by atoms with E-state index in [-0.39, 0.29) is 28.6 Å². The molecule has 0 spiro atoms. The van der Waals surface area contributed by atoms with Crippen LogP contribution in [0.5, 0.6) is 17.2 Å². The van der Waals surface area contributed by atoms with Crippen LogP contribution in [0.1, 0.15) is 48.5 Å². The minimum Gasteiger partial charge on any atom is -0.504 e. The topological polar surface area (TPSA) is 66.8 Å². The highest BCUT2D eigenvalue weighted by Gasteiger charge is 2.19. The van der Waals surface area contributed by atoms with Crippen molar-refractivity contribution in [2.24, 2.45) is 0 Å². The van der Waals surface area contributed by atoms with Crippen LogP contribution in [-0.2, 0) is 0 Å². The van der Waals surface area contributed by atoms with Crippen LogP contribution in [0.25, 0.3) is 0 Å². The molecule has 23 heavy (non-hydrogen) atoms. The van der Waals surface area contributed by atoms with Crippen molar-refractivity contribution in [3.8, 4) is 17.2 Å². The van der Waals surface area contributed by atoms with Crippen LogP contribution >= 0.6 is 0 Å². The number of benzene rings is 2. The molecular weight excluding hydrogens is 292 g/mol. The third kappa shape index (κ3) is 4.25. The molecule has 122 valence electrons. The monoisotopic (exact) mass is 314 g/mol. The maximum atomic E-state index is 12.4. The van der Waals surface area contributed by atoms with Crippen molar-refractivity contribution in [3.63, 3.8) is 0 Å². The van der Waals surface area contributed by atoms with Gasteiger partial charge in [-0.3, -0.25) is 4.79 Å². The molecule has 0 amide bonds. The fourth-order valence-corrected chi connectivity index (χ4v) is 2.33. The lowest BCUT2D eigenvalue weighted by Crippen LogP contribution is -2.04. The van der Waals surface area contributed by atoms with Gasteiger partial charge in [-0.05, 0) is 18.6 Å². The van der Waals surface area contributed by atoms with Crippen LogP contribution in [0.3, 0.4) is 0 Å². The van der Waals surface area contributed by atoms with Crippen molar-refractivity contribution in [2.45, 2.75) is 32.6 Å². The Labute approximate surface area is 136 Å². The van der Waals surface area contributed by atoms with E-state index < -0.39 is 0 Å². The minimum atomic E-state index is -0.311. The first-order valence-corrected chi connectivity index (χ1v) is 7.92. The van der Waals surface area contributed by atoms with E-state index in [1.54, 1.807) is 24.3 Å². The van der Waals surface area contributed by atoms with Gasteiger partial charge in [0.15, 0.2) is 17.3 Å². The summed E-state index contributed by atoms with van der Waals surface area (Å²) in [6.07, 6.45) is 4.11. The fraction of sp³-hybridized carbons (Fsp3) is 0.316. The smallest absolute Gasteiger partial charge is 0.203 e. The molecule has 0 saturated heterocycles. The molecule has 4 nitrogen and oxygen atoms in total. The molecule has 2 aromatic rings. The predicted molar refractivity (Wildman–Crippen MR) is 89.3 cm³/mol. The summed E-state index contributed by atoms with van der Waals surface area (Å²) in [5, 5.41) is 20.2. The maximum absolute atomic E-state index is 12.4. The van der Waals surface area contributed by atoms with Gasteiger partial charge in [0.05, 0.1) is 12.2 Å². The van der Waals surface area contributed by atoms with Gasteiger partial charge in [0.25, 0.3) is 0 Å². The number of carbonyl (C=O) groups is 1. The van der Waals surface area contributed by atoms with E-state index in [9.17, 15) is 15.0 Å². The lowest BCUT2D eigenvalue weighted by molar-refractivity contribution is 0.103. The molecule has 4 heteroatoms. The lowest BCUT2D eigenvalue weighted by Gasteiger charge is -2.12. The van der Waals surface area contributed by atoms with Gasteiger partial charge in [-0.15, -0.1) is 0 Å². The average molecular weight is 314 g/mol. The first-order chi connectivity index (χ1) is 11.1. The van der Waals surface area contributed by atoms with Gasteiger partial charge >= 0.3 is 0 Å². The van der Waals surface area contributed by atoms with Crippen LogP contribution in [-0.4, -0.2) is 22.6 Å². The first kappa shape index (κ1) is 16.9. The third-order valence-corrected chi connectivity index (χ3v) is 3.64. The van der Waals surface area contributed by atoms with Crippen LogP contribution < -0.4 is 4.74 Å². The van der Waals surface area contributed by atoms with E-state index in [4.69, 9.17) is 4.74 Å². The van der Waals surface area contributed by atoms with Crippen molar-refractivity contribution in [2.75, 3.05) is 6.61 Å². The Bertz CT molecular complexity index is 650. The van der Waals surface area contributed by atoms with E-state index in [1.807, 2.05) is 6.07 Å². The van der Waals surface area contributed by atoms with Crippen molar-refractivity contribution in [1.29, 1.82) is 0 Å². The van der Waals surface area contributed by atoms with Gasteiger partial charge in [0.2, 0.25) is 5.75 Å². The summed E-state index contributed by atoms with van der Waals surface area (Å²) in [4.78, 5) is 12.4. The second-order valence-corrected chi connectivity index (χ2v) is 5.41. The molecule has 0 aliphatic carbocycles. The van der Waals surface area contributed by atoms with E-state index in [0.717, 1.165) is 25.7 Å². The molecule has 2 rings (SSSR count). The van der Waals surface area contributed by atoms with Crippen LogP contribution in [0.4, 0.5) is 0 Å². The number of aromatic hydroxyl groups is 2. The van der Waals surface area contributed by atoms with Crippen LogP contribution in [0.15, 0.2) is 42.5 Å². The SMILES string of the molecule is CCCCCCOc1c(O)ccc(C(=O)c2ccccc2)c1O. The number of carbonyl (C=O) groups excluding carboxylic acids is 1. The Morgan fingerprint density at radius 3 is 2.43 bits per heavy atom. The van der Waals surface area contributed by atoms with Crippen LogP contribution in [0.2, 0.25) is 0 Å². The van der Waals surface area contributed by atoms with Crippen molar-refractivity contribution >= 4 is 5.78 Å². The third-order valence-electron chi connectivity index (χ3n) is 3.64. The summed E-state index contributed by atoms with van der Waals surface area (Å²) >= 11 is 0. The van der Waals surface area contributed by atoms with Gasteiger partial charge in [0.1, 0.15) is 0 Å². The Morgan fingerprint density at radius 2 is 1.74 bits per heavy atom. The number of hydrogen-bond acceptors (Lipinski definition) is 4. The zero-order valence-corrected chi connectivity index (χ0v) is 13.3. The zero-order chi connectivity index (χ0) is 16.7. The highest BCUT2D eigenvalue weighted by atomic mass is 16.5. The van der Waals surface area contributed by atoms with E-state index in [1.165, 1.54) is 12.1 Å². The quantitative estimate of drug-likeness (QED) is 0.563. The second kappa shape index (κ2) is 8.22. The van der Waals surface area contributed by atoms with Gasteiger partial charge < -0.3 is 14.9 Å². The summed E-state index contributed by atoms with van der Waals surface area (Å²) in [5.74, 6) is -0.806. The zero-order valence-electron chi connectivity index (χ0n) is 13.3. The number of hydrogen-bond donors (Lipinski definition) is 2. The number of phenolic OH excluding ortho intramolecular Hbond substituents is 2. The maximum Gasteiger partial charge on any atom is 0.203 e. The first-order valence-electron chi connectivity index (χ1n) is 7.92. The van der Waals surface area contributed by atoms with Crippen molar-refractivity contribution < 1.29 is 19.7 Å². The summed E-state index contributed by atoms with van der Waals surface area (Å²) in [5.41, 5.74) is 0.597. The number of ether oxygens (including phenoxy) is 1. The molecular formula is C19H22O4. The fourth-order valence-electron chi connectivity index (χ4n) is 2.33. The molecule has 0 aliphatic rings. The van der Waals surface area contributed by atoms with E-state index >= 15 is 0 Å². The highest BCUT2D eigenvalue weighted by molar-refractivity contribution is 6.11. The summed E-state index contributed by atoms with van der Waals surface area (Å²) in [7, 11) is 0. The van der Waals surface area contributed by atoms with Crippen molar-refractivity contribution in [3.05, 3.63) is 53.6 Å². The molecule has 0 aliphatic heterocycles. The van der Waals surface area contributed by atoms with Crippen molar-refractivity contribution in [1.82, 2.24) is 0 Å². The number of rotatable bonds is 8. The molecule has 0 unspecified atom stereocenters. The number of ketones is 1. The van der Waals surface area contributed by atoms with Crippen LogP contribution in [0, 0.1) is 0 Å². The molecule has 0 fully saturated rings. The Kier molecular flexibility index (Phi) is 6.03. The van der Waals surface area contributed by atoms with Gasteiger partial charge in [-0.1, -0.05) is 56.5 Å². The number of phenols is 2. The molecule has 0 bridgehead atoms. The molecule has 0 atom stereocenters. The van der Waals surface area contributed by atoms with Gasteiger partial charge in [-0.2, -0.15) is 0 Å². The summed E-state index contributed by atoms with van der Waals surface area (Å²) in [6, 6.07) is 11.5. The molecule has 0 saturated carbocycles. The standard InChI is InChI=1S/C19H22O4/c1-2-3-4-8-13-23-19-16(20)12-11-15(18(19)22)17(21)14-9-6-5-7-10-14/h5-7,9-12,20,22H,2-4,8,13H2,1H3. The lowest BCUT2D eigenvalue weighted by atomic mass is 10.0. The molecule has 2 aromatic carbocycles. The molecule has 0 radical (unpaired) electrons. The van der Waals surface area contributed by atoms with E-state index in [0.29, 0.717) is 12.2 Å². The van der Waals surface area contributed by atoms with Gasteiger partial charge in [-0.25, -0.2) is 0 Å². The largest absolute Gasteiger partial charge is 0.504 e. The Morgan fingerprint density at radius 1 is 1.00 bits per heavy atom. The average Bonchev–Trinajstić information content (AvgIpc) is 2.57. The highest BCUT2D eigenvalue weighted by Crippen LogP contribution is 2.39.